The summed E-state index contributed by atoms with van der Waals surface area (Å²) in [6, 6.07) is 0. The van der Waals surface area contributed by atoms with Crippen molar-refractivity contribution in [3.05, 3.63) is 16.5 Å². The van der Waals surface area contributed by atoms with Gasteiger partial charge in [0, 0.05) is 12.0 Å². The normalized spacial score (nSPS) is 23.4. The van der Waals surface area contributed by atoms with Crippen LogP contribution in [-0.2, 0) is 6.42 Å². The third-order valence-corrected chi connectivity index (χ3v) is 4.36. The average Bonchev–Trinajstić information content (AvgIpc) is 2.43. The molecular formula is C15H23ClN2O. The summed E-state index contributed by atoms with van der Waals surface area (Å²) in [6.07, 6.45) is 7.15. The van der Waals surface area contributed by atoms with Gasteiger partial charge in [-0.2, -0.15) is 4.98 Å². The molecule has 2 rings (SSSR count). The molecule has 1 saturated carbocycles. The van der Waals surface area contributed by atoms with Gasteiger partial charge in [-0.15, -0.1) is 0 Å². The van der Waals surface area contributed by atoms with Gasteiger partial charge in [0.15, 0.2) is 0 Å². The van der Waals surface area contributed by atoms with Gasteiger partial charge < -0.3 is 4.74 Å². The summed E-state index contributed by atoms with van der Waals surface area (Å²) in [6.45, 7) is 6.21. The van der Waals surface area contributed by atoms with Gasteiger partial charge in [0.05, 0.1) is 0 Å². The van der Waals surface area contributed by atoms with E-state index in [9.17, 15) is 0 Å². The summed E-state index contributed by atoms with van der Waals surface area (Å²) in [5.74, 6) is 2.23. The first kappa shape index (κ1) is 14.6. The quantitative estimate of drug-likeness (QED) is 0.770. The topological polar surface area (TPSA) is 35.0 Å². The summed E-state index contributed by atoms with van der Waals surface area (Å²) in [5.41, 5.74) is 0.859. The van der Waals surface area contributed by atoms with Crippen LogP contribution in [0, 0.1) is 12.8 Å². The largest absolute Gasteiger partial charge is 0.474 e. The van der Waals surface area contributed by atoms with E-state index in [1.165, 1.54) is 19.3 Å². The molecule has 0 spiro atoms. The molecule has 1 aromatic rings. The molecule has 0 saturated heterocycles. The fraction of sp³-hybridized carbons (Fsp3) is 0.733. The number of nitrogens with zero attached hydrogens (tertiary/aromatic N) is 2. The Morgan fingerprint density at radius 3 is 2.74 bits per heavy atom. The van der Waals surface area contributed by atoms with Gasteiger partial charge >= 0.3 is 0 Å². The Balaban J connectivity index is 2.11. The number of hydrogen-bond donors (Lipinski definition) is 0. The van der Waals surface area contributed by atoms with Crippen LogP contribution in [0.1, 0.15) is 57.3 Å². The maximum atomic E-state index is 6.14. The maximum Gasteiger partial charge on any atom is 0.221 e. The molecule has 0 bridgehead atoms. The van der Waals surface area contributed by atoms with Crippen LogP contribution in [0.15, 0.2) is 0 Å². The van der Waals surface area contributed by atoms with Crippen molar-refractivity contribution >= 4 is 11.6 Å². The van der Waals surface area contributed by atoms with E-state index in [-0.39, 0.29) is 6.10 Å². The van der Waals surface area contributed by atoms with Crippen molar-refractivity contribution in [3.63, 3.8) is 0 Å². The number of rotatable bonds is 4. The zero-order valence-electron chi connectivity index (χ0n) is 12.1. The van der Waals surface area contributed by atoms with E-state index in [1.807, 2.05) is 13.8 Å². The minimum Gasteiger partial charge on any atom is -0.474 e. The molecule has 19 heavy (non-hydrogen) atoms. The summed E-state index contributed by atoms with van der Waals surface area (Å²) in [7, 11) is 0. The Labute approximate surface area is 120 Å². The third kappa shape index (κ3) is 3.59. The number of aryl methyl sites for hydroxylation is 1. The molecule has 1 aliphatic carbocycles. The summed E-state index contributed by atoms with van der Waals surface area (Å²) in [4.78, 5) is 8.73. The molecule has 0 amide bonds. The molecule has 4 heteroatoms. The smallest absolute Gasteiger partial charge is 0.221 e. The van der Waals surface area contributed by atoms with Crippen LogP contribution >= 0.6 is 11.6 Å². The van der Waals surface area contributed by atoms with Gasteiger partial charge in [-0.1, -0.05) is 38.3 Å². The molecule has 0 aromatic carbocycles. The van der Waals surface area contributed by atoms with E-state index < -0.39 is 0 Å². The number of aromatic nitrogens is 2. The molecule has 2 atom stereocenters. The number of halogens is 1. The van der Waals surface area contributed by atoms with Crippen LogP contribution in [0.5, 0.6) is 5.88 Å². The lowest BCUT2D eigenvalue weighted by Crippen LogP contribution is -2.26. The highest BCUT2D eigenvalue weighted by molar-refractivity contribution is 6.30. The van der Waals surface area contributed by atoms with Gasteiger partial charge in [0.2, 0.25) is 5.88 Å². The van der Waals surface area contributed by atoms with E-state index in [0.717, 1.165) is 36.6 Å². The van der Waals surface area contributed by atoms with Crippen LogP contribution in [0.4, 0.5) is 0 Å². The molecule has 2 unspecified atom stereocenters. The SMILES string of the molecule is CCc1nc(Cl)c(C)c(OC2CCCC(CC)C2)n1. The van der Waals surface area contributed by atoms with Crippen molar-refractivity contribution in [2.75, 3.05) is 0 Å². The Morgan fingerprint density at radius 1 is 1.26 bits per heavy atom. The molecule has 1 aliphatic rings. The van der Waals surface area contributed by atoms with E-state index in [4.69, 9.17) is 16.3 Å². The predicted octanol–water partition coefficient (Wildman–Crippen LogP) is 4.35. The first-order chi connectivity index (χ1) is 9.13. The minimum absolute atomic E-state index is 0.285. The molecule has 1 fully saturated rings. The van der Waals surface area contributed by atoms with Crippen molar-refractivity contribution in [3.8, 4) is 5.88 Å². The second-order valence-electron chi connectivity index (χ2n) is 5.40. The lowest BCUT2D eigenvalue weighted by atomic mass is 9.85. The first-order valence-corrected chi connectivity index (χ1v) is 7.71. The number of hydrogen-bond acceptors (Lipinski definition) is 3. The lowest BCUT2D eigenvalue weighted by molar-refractivity contribution is 0.116. The Morgan fingerprint density at radius 2 is 2.05 bits per heavy atom. The highest BCUT2D eigenvalue weighted by Crippen LogP contribution is 2.31. The minimum atomic E-state index is 0.285. The van der Waals surface area contributed by atoms with Crippen LogP contribution < -0.4 is 4.74 Å². The Bertz CT molecular complexity index is 436. The summed E-state index contributed by atoms with van der Waals surface area (Å²) < 4.78 is 6.11. The fourth-order valence-electron chi connectivity index (χ4n) is 2.66. The van der Waals surface area contributed by atoms with Crippen molar-refractivity contribution in [2.45, 2.75) is 65.4 Å². The molecule has 0 N–H and O–H groups in total. The third-order valence-electron chi connectivity index (χ3n) is 3.99. The van der Waals surface area contributed by atoms with Gasteiger partial charge in [-0.3, -0.25) is 0 Å². The molecule has 0 radical (unpaired) electrons. The van der Waals surface area contributed by atoms with E-state index in [0.29, 0.717) is 11.0 Å². The fourth-order valence-corrected chi connectivity index (χ4v) is 2.84. The van der Waals surface area contributed by atoms with Gasteiger partial charge in [-0.25, -0.2) is 4.98 Å². The van der Waals surface area contributed by atoms with Gasteiger partial charge in [0.1, 0.15) is 17.1 Å². The first-order valence-electron chi connectivity index (χ1n) is 7.33. The highest BCUT2D eigenvalue weighted by atomic mass is 35.5. The Hall–Kier alpha value is -0.830. The molecule has 1 heterocycles. The van der Waals surface area contributed by atoms with E-state index in [2.05, 4.69) is 16.9 Å². The van der Waals surface area contributed by atoms with Crippen molar-refractivity contribution in [1.82, 2.24) is 9.97 Å². The zero-order valence-corrected chi connectivity index (χ0v) is 12.8. The maximum absolute atomic E-state index is 6.14. The second-order valence-corrected chi connectivity index (χ2v) is 5.75. The standard InChI is InChI=1S/C15H23ClN2O/c1-4-11-7-6-8-12(9-11)19-15-10(3)14(16)17-13(5-2)18-15/h11-12H,4-9H2,1-3H3. The molecular weight excluding hydrogens is 260 g/mol. The molecule has 3 nitrogen and oxygen atoms in total. The van der Waals surface area contributed by atoms with Crippen LogP contribution in [-0.4, -0.2) is 16.1 Å². The monoisotopic (exact) mass is 282 g/mol. The van der Waals surface area contributed by atoms with Gasteiger partial charge in [0.25, 0.3) is 0 Å². The van der Waals surface area contributed by atoms with Crippen LogP contribution in [0.25, 0.3) is 0 Å². The summed E-state index contributed by atoms with van der Waals surface area (Å²) >= 11 is 6.14. The molecule has 106 valence electrons. The average molecular weight is 283 g/mol. The van der Waals surface area contributed by atoms with Crippen LogP contribution in [0.3, 0.4) is 0 Å². The highest BCUT2D eigenvalue weighted by Gasteiger charge is 2.23. The van der Waals surface area contributed by atoms with Crippen LogP contribution in [0.2, 0.25) is 5.15 Å². The zero-order chi connectivity index (χ0) is 13.8. The lowest BCUT2D eigenvalue weighted by Gasteiger charge is -2.29. The van der Waals surface area contributed by atoms with Crippen molar-refractivity contribution < 1.29 is 4.74 Å². The predicted molar refractivity (Wildman–Crippen MR) is 77.8 cm³/mol. The number of ether oxygens (including phenoxy) is 1. The summed E-state index contributed by atoms with van der Waals surface area (Å²) in [5, 5.41) is 0.518. The molecule has 0 aliphatic heterocycles. The van der Waals surface area contributed by atoms with E-state index >= 15 is 0 Å². The van der Waals surface area contributed by atoms with Crippen molar-refractivity contribution in [2.24, 2.45) is 5.92 Å². The molecule has 1 aromatic heterocycles. The van der Waals surface area contributed by atoms with Crippen molar-refractivity contribution in [1.29, 1.82) is 0 Å². The Kier molecular flexibility index (Phi) is 5.03. The van der Waals surface area contributed by atoms with E-state index in [1.54, 1.807) is 0 Å². The van der Waals surface area contributed by atoms with Gasteiger partial charge in [-0.05, 0) is 32.1 Å². The second kappa shape index (κ2) is 6.56.